The van der Waals surface area contributed by atoms with Crippen LogP contribution in [0.3, 0.4) is 0 Å². The van der Waals surface area contributed by atoms with Gasteiger partial charge in [0.1, 0.15) is 5.75 Å². The van der Waals surface area contributed by atoms with E-state index in [-0.39, 0.29) is 12.5 Å². The molecule has 0 aliphatic carbocycles. The Bertz CT molecular complexity index is 1220. The van der Waals surface area contributed by atoms with Crippen molar-refractivity contribution in [2.75, 3.05) is 17.2 Å². The topological polar surface area (TPSA) is 109 Å². The normalized spacial score (nSPS) is 10.6. The Kier molecular flexibility index (Phi) is 8.12. The first-order chi connectivity index (χ1) is 16.3. The lowest BCUT2D eigenvalue weighted by atomic mass is 10.1. The summed E-state index contributed by atoms with van der Waals surface area (Å²) in [4.78, 5) is 36.2. The minimum absolute atomic E-state index is 0.163. The zero-order valence-corrected chi connectivity index (χ0v) is 19.2. The minimum Gasteiger partial charge on any atom is -0.484 e. The van der Waals surface area contributed by atoms with Gasteiger partial charge >= 0.3 is 11.8 Å². The minimum atomic E-state index is -0.894. The van der Waals surface area contributed by atoms with Crippen molar-refractivity contribution in [2.24, 2.45) is 5.10 Å². The quantitative estimate of drug-likeness (QED) is 0.285. The molecule has 3 amide bonds. The summed E-state index contributed by atoms with van der Waals surface area (Å²) in [6.07, 6.45) is 1.38. The van der Waals surface area contributed by atoms with E-state index in [1.54, 1.807) is 36.4 Å². The van der Waals surface area contributed by atoms with Crippen LogP contribution in [0.1, 0.15) is 22.3 Å². The molecule has 3 aromatic rings. The first-order valence-electron chi connectivity index (χ1n) is 10.6. The van der Waals surface area contributed by atoms with Crippen LogP contribution in [0, 0.1) is 20.8 Å². The molecule has 0 spiro atoms. The number of hydrazone groups is 1. The fourth-order valence-corrected chi connectivity index (χ4v) is 3.19. The molecular formula is C26H26N4O4. The number of carbonyl (C=O) groups excluding carboxylic acids is 3. The van der Waals surface area contributed by atoms with Crippen LogP contribution in [-0.2, 0) is 14.4 Å². The number of benzene rings is 3. The molecule has 3 N–H and O–H groups in total. The fourth-order valence-electron chi connectivity index (χ4n) is 3.19. The van der Waals surface area contributed by atoms with Gasteiger partial charge < -0.3 is 15.4 Å². The summed E-state index contributed by atoms with van der Waals surface area (Å²) >= 11 is 0. The molecule has 34 heavy (non-hydrogen) atoms. The van der Waals surface area contributed by atoms with Crippen LogP contribution in [0.4, 0.5) is 11.4 Å². The summed E-state index contributed by atoms with van der Waals surface area (Å²) < 4.78 is 5.56. The van der Waals surface area contributed by atoms with E-state index in [1.165, 1.54) is 6.21 Å². The molecule has 0 aliphatic heterocycles. The Morgan fingerprint density at radius 2 is 1.59 bits per heavy atom. The molecule has 0 unspecified atom stereocenters. The van der Waals surface area contributed by atoms with Gasteiger partial charge in [-0.1, -0.05) is 36.4 Å². The standard InChI is InChI=1S/C26H26N4O4/c1-17-11-18(2)13-21(12-17)28-24(31)16-34-22-9-6-8-20(14-22)15-27-30-26(33)25(32)29-23-10-5-4-7-19(23)3/h4-15H,16H2,1-3H3,(H,28,31)(H,29,32)(H,30,33)/b27-15-. The third kappa shape index (κ3) is 7.30. The van der Waals surface area contributed by atoms with Crippen molar-refractivity contribution in [3.05, 3.63) is 89.0 Å². The van der Waals surface area contributed by atoms with Crippen molar-refractivity contribution in [1.82, 2.24) is 5.43 Å². The maximum absolute atomic E-state index is 12.2. The second-order valence-corrected chi connectivity index (χ2v) is 7.75. The van der Waals surface area contributed by atoms with Crippen LogP contribution in [0.2, 0.25) is 0 Å². The van der Waals surface area contributed by atoms with E-state index in [1.807, 2.05) is 51.1 Å². The number of rotatable bonds is 7. The molecule has 0 fully saturated rings. The number of amides is 3. The lowest BCUT2D eigenvalue weighted by Crippen LogP contribution is -2.32. The second-order valence-electron chi connectivity index (χ2n) is 7.75. The van der Waals surface area contributed by atoms with Crippen molar-refractivity contribution in [3.8, 4) is 5.75 Å². The molecule has 0 saturated carbocycles. The number of nitrogens with one attached hydrogen (secondary N) is 3. The van der Waals surface area contributed by atoms with Crippen LogP contribution in [-0.4, -0.2) is 30.5 Å². The molecule has 8 heteroatoms. The highest BCUT2D eigenvalue weighted by atomic mass is 16.5. The van der Waals surface area contributed by atoms with Crippen molar-refractivity contribution < 1.29 is 19.1 Å². The SMILES string of the molecule is Cc1cc(C)cc(NC(=O)COc2cccc(/C=N\NC(=O)C(=O)Nc3ccccc3C)c2)c1. The smallest absolute Gasteiger partial charge is 0.329 e. The van der Waals surface area contributed by atoms with Crippen LogP contribution in [0.5, 0.6) is 5.75 Å². The van der Waals surface area contributed by atoms with E-state index < -0.39 is 11.8 Å². The molecule has 0 heterocycles. The van der Waals surface area contributed by atoms with E-state index in [9.17, 15) is 14.4 Å². The first-order valence-corrected chi connectivity index (χ1v) is 10.6. The third-order valence-electron chi connectivity index (χ3n) is 4.71. The van der Waals surface area contributed by atoms with E-state index in [0.717, 1.165) is 16.7 Å². The number of hydrogen-bond acceptors (Lipinski definition) is 5. The Balaban J connectivity index is 1.49. The van der Waals surface area contributed by atoms with Gasteiger partial charge in [0.15, 0.2) is 6.61 Å². The van der Waals surface area contributed by atoms with E-state index in [4.69, 9.17) is 4.74 Å². The maximum atomic E-state index is 12.2. The predicted molar refractivity (Wildman–Crippen MR) is 132 cm³/mol. The number of ether oxygens (including phenoxy) is 1. The predicted octanol–water partition coefficient (Wildman–Crippen LogP) is 3.72. The summed E-state index contributed by atoms with van der Waals surface area (Å²) in [5, 5.41) is 9.16. The highest BCUT2D eigenvalue weighted by Crippen LogP contribution is 2.15. The Morgan fingerprint density at radius 1 is 0.853 bits per heavy atom. The van der Waals surface area contributed by atoms with Gasteiger partial charge in [-0.15, -0.1) is 0 Å². The van der Waals surface area contributed by atoms with Crippen LogP contribution < -0.4 is 20.8 Å². The Hall–Kier alpha value is -4.46. The maximum Gasteiger partial charge on any atom is 0.329 e. The highest BCUT2D eigenvalue weighted by molar-refractivity contribution is 6.39. The first kappa shape index (κ1) is 24.2. The van der Waals surface area contributed by atoms with Crippen molar-refractivity contribution in [1.29, 1.82) is 0 Å². The molecule has 3 aromatic carbocycles. The van der Waals surface area contributed by atoms with Crippen LogP contribution in [0.15, 0.2) is 71.8 Å². The van der Waals surface area contributed by atoms with Crippen LogP contribution >= 0.6 is 0 Å². The van der Waals surface area contributed by atoms with Gasteiger partial charge in [-0.2, -0.15) is 5.10 Å². The molecular weight excluding hydrogens is 432 g/mol. The van der Waals surface area contributed by atoms with Gasteiger partial charge in [-0.3, -0.25) is 14.4 Å². The highest BCUT2D eigenvalue weighted by Gasteiger charge is 2.13. The molecule has 0 atom stereocenters. The van der Waals surface area contributed by atoms with Crippen LogP contribution in [0.25, 0.3) is 0 Å². The van der Waals surface area contributed by atoms with Gasteiger partial charge in [0, 0.05) is 11.4 Å². The number of para-hydroxylation sites is 1. The summed E-state index contributed by atoms with van der Waals surface area (Å²) in [6.45, 7) is 5.59. The average Bonchev–Trinajstić information content (AvgIpc) is 2.79. The third-order valence-corrected chi connectivity index (χ3v) is 4.71. The molecule has 0 aromatic heterocycles. The summed E-state index contributed by atoms with van der Waals surface area (Å²) in [7, 11) is 0. The van der Waals surface area contributed by atoms with Crippen molar-refractivity contribution >= 4 is 35.3 Å². The summed E-state index contributed by atoms with van der Waals surface area (Å²) in [5.41, 5.74) is 7.03. The number of aryl methyl sites for hydroxylation is 3. The largest absolute Gasteiger partial charge is 0.484 e. The van der Waals surface area contributed by atoms with Gasteiger partial charge in [0.2, 0.25) is 0 Å². The Labute approximate surface area is 198 Å². The van der Waals surface area contributed by atoms with Gasteiger partial charge in [-0.05, 0) is 73.4 Å². The number of hydrogen-bond donors (Lipinski definition) is 3. The number of carbonyl (C=O) groups is 3. The van der Waals surface area contributed by atoms with Crippen molar-refractivity contribution in [3.63, 3.8) is 0 Å². The van der Waals surface area contributed by atoms with Gasteiger partial charge in [0.25, 0.3) is 5.91 Å². The molecule has 0 aliphatic rings. The lowest BCUT2D eigenvalue weighted by molar-refractivity contribution is -0.136. The number of nitrogens with zero attached hydrogens (tertiary/aromatic N) is 1. The second kappa shape index (κ2) is 11.4. The van der Waals surface area contributed by atoms with Crippen molar-refractivity contribution in [2.45, 2.75) is 20.8 Å². The average molecular weight is 459 g/mol. The fraction of sp³-hybridized carbons (Fsp3) is 0.154. The molecule has 8 nitrogen and oxygen atoms in total. The Morgan fingerprint density at radius 3 is 2.32 bits per heavy atom. The monoisotopic (exact) mass is 458 g/mol. The lowest BCUT2D eigenvalue weighted by Gasteiger charge is -2.09. The zero-order chi connectivity index (χ0) is 24.5. The molecule has 0 saturated heterocycles. The van der Waals surface area contributed by atoms with E-state index in [2.05, 4.69) is 21.2 Å². The molecule has 174 valence electrons. The summed E-state index contributed by atoms with van der Waals surface area (Å²) in [5.74, 6) is -1.53. The zero-order valence-electron chi connectivity index (χ0n) is 19.2. The number of anilines is 2. The van der Waals surface area contributed by atoms with E-state index in [0.29, 0.717) is 22.7 Å². The summed E-state index contributed by atoms with van der Waals surface area (Å²) in [6, 6.07) is 19.8. The van der Waals surface area contributed by atoms with E-state index >= 15 is 0 Å². The van der Waals surface area contributed by atoms with Gasteiger partial charge in [0.05, 0.1) is 6.21 Å². The molecule has 3 rings (SSSR count). The molecule has 0 radical (unpaired) electrons. The van der Waals surface area contributed by atoms with Gasteiger partial charge in [-0.25, -0.2) is 5.43 Å². The molecule has 0 bridgehead atoms.